The number of aromatic nitrogens is 2. The van der Waals surface area contributed by atoms with Gasteiger partial charge in [-0.1, -0.05) is 19.9 Å². The van der Waals surface area contributed by atoms with E-state index in [0.717, 1.165) is 18.2 Å². The molecule has 3 N–H and O–H groups in total. The van der Waals surface area contributed by atoms with Crippen LogP contribution in [-0.4, -0.2) is 62.0 Å². The summed E-state index contributed by atoms with van der Waals surface area (Å²) in [4.78, 5) is 26.9. The Hall–Kier alpha value is -3.31. The van der Waals surface area contributed by atoms with Gasteiger partial charge in [0.05, 0.1) is 25.8 Å². The lowest BCUT2D eigenvalue weighted by Gasteiger charge is -2.28. The Morgan fingerprint density at radius 1 is 1.27 bits per heavy atom. The predicted octanol–water partition coefficient (Wildman–Crippen LogP) is 1.67. The molecule has 2 aromatic rings. The Labute approximate surface area is 189 Å². The number of carbonyl (C=O) groups excluding carboxylic acids is 2. The molecule has 1 aliphatic rings. The quantitative estimate of drug-likeness (QED) is 0.493. The second-order valence-electron chi connectivity index (χ2n) is 8.12. The number of aliphatic hydroxyl groups is 2. The average Bonchev–Trinajstić information content (AvgIpc) is 3.34. The fourth-order valence-electron chi connectivity index (χ4n) is 3.38. The Morgan fingerprint density at radius 2 is 1.97 bits per heavy atom. The third kappa shape index (κ3) is 6.14. The molecule has 33 heavy (non-hydrogen) atoms. The van der Waals surface area contributed by atoms with Crippen molar-refractivity contribution >= 4 is 17.6 Å². The van der Waals surface area contributed by atoms with E-state index in [0.29, 0.717) is 6.42 Å². The number of rotatable bonds is 10. The maximum atomic E-state index is 13.9. The Balaban J connectivity index is 1.71. The van der Waals surface area contributed by atoms with Gasteiger partial charge in [-0.05, 0) is 24.5 Å². The average molecular weight is 464 g/mol. The summed E-state index contributed by atoms with van der Waals surface area (Å²) in [5.74, 6) is -3.13. The number of nitrogens with zero attached hydrogens (tertiary/aromatic N) is 3. The minimum atomic E-state index is -0.992. The summed E-state index contributed by atoms with van der Waals surface area (Å²) in [6.07, 6.45) is 1.98. The molecule has 0 aliphatic carbocycles. The van der Waals surface area contributed by atoms with E-state index < -0.39 is 48.0 Å². The van der Waals surface area contributed by atoms with Gasteiger partial charge < -0.3 is 25.2 Å². The zero-order valence-corrected chi connectivity index (χ0v) is 18.2. The van der Waals surface area contributed by atoms with E-state index in [2.05, 4.69) is 10.4 Å². The van der Waals surface area contributed by atoms with Crippen LogP contribution in [0.4, 0.5) is 14.6 Å². The van der Waals surface area contributed by atoms with E-state index >= 15 is 0 Å². The fourth-order valence-corrected chi connectivity index (χ4v) is 3.38. The number of amides is 2. The number of benzene rings is 1. The monoisotopic (exact) mass is 464 g/mol. The molecule has 0 saturated heterocycles. The van der Waals surface area contributed by atoms with E-state index in [1.54, 1.807) is 0 Å². The van der Waals surface area contributed by atoms with Crippen molar-refractivity contribution in [2.24, 2.45) is 5.92 Å². The van der Waals surface area contributed by atoms with Gasteiger partial charge in [-0.15, -0.1) is 0 Å². The lowest BCUT2D eigenvalue weighted by Crippen LogP contribution is -2.46. The van der Waals surface area contributed by atoms with Crippen molar-refractivity contribution in [1.82, 2.24) is 14.7 Å². The van der Waals surface area contributed by atoms with Crippen LogP contribution in [0.25, 0.3) is 0 Å². The van der Waals surface area contributed by atoms with Crippen LogP contribution >= 0.6 is 0 Å². The lowest BCUT2D eigenvalue weighted by atomic mass is 10.0. The number of para-hydroxylation sites is 1. The summed E-state index contributed by atoms with van der Waals surface area (Å²) < 4.78 is 34.5. The largest absolute Gasteiger partial charge is 0.453 e. The Kier molecular flexibility index (Phi) is 7.77. The molecule has 2 amide bonds. The molecular formula is C22H26F2N4O5. The van der Waals surface area contributed by atoms with Gasteiger partial charge in [0, 0.05) is 18.3 Å². The Morgan fingerprint density at radius 3 is 2.61 bits per heavy atom. The van der Waals surface area contributed by atoms with Crippen LogP contribution in [0.1, 0.15) is 20.3 Å². The van der Waals surface area contributed by atoms with Gasteiger partial charge in [0.2, 0.25) is 5.91 Å². The van der Waals surface area contributed by atoms with Crippen LogP contribution in [-0.2, 0) is 16.1 Å². The van der Waals surface area contributed by atoms with Crippen molar-refractivity contribution in [3.05, 3.63) is 53.9 Å². The van der Waals surface area contributed by atoms with Gasteiger partial charge in [-0.25, -0.2) is 8.78 Å². The second kappa shape index (κ2) is 10.5. The zero-order valence-electron chi connectivity index (χ0n) is 18.2. The highest BCUT2D eigenvalue weighted by atomic mass is 19.1. The molecule has 0 bridgehead atoms. The van der Waals surface area contributed by atoms with Crippen molar-refractivity contribution in [1.29, 1.82) is 0 Å². The van der Waals surface area contributed by atoms with Crippen LogP contribution in [0.2, 0.25) is 0 Å². The molecule has 0 unspecified atom stereocenters. The highest BCUT2D eigenvalue weighted by Crippen LogP contribution is 2.27. The van der Waals surface area contributed by atoms with Crippen molar-refractivity contribution in [2.75, 3.05) is 18.5 Å². The summed E-state index contributed by atoms with van der Waals surface area (Å²) in [5.41, 5.74) is 0. The van der Waals surface area contributed by atoms with Gasteiger partial charge in [0.25, 0.3) is 5.91 Å². The van der Waals surface area contributed by atoms with Gasteiger partial charge in [-0.2, -0.15) is 5.10 Å². The van der Waals surface area contributed by atoms with Crippen molar-refractivity contribution < 1.29 is 33.3 Å². The molecule has 0 fully saturated rings. The van der Waals surface area contributed by atoms with Crippen LogP contribution in [0.5, 0.6) is 5.75 Å². The van der Waals surface area contributed by atoms with Crippen LogP contribution in [0.15, 0.2) is 42.3 Å². The first kappa shape index (κ1) is 24.3. The number of hydrogen-bond acceptors (Lipinski definition) is 6. The number of halogens is 2. The highest BCUT2D eigenvalue weighted by Gasteiger charge is 2.35. The van der Waals surface area contributed by atoms with Crippen molar-refractivity contribution in [3.63, 3.8) is 0 Å². The van der Waals surface area contributed by atoms with E-state index in [9.17, 15) is 23.5 Å². The van der Waals surface area contributed by atoms with E-state index in [4.69, 9.17) is 9.84 Å². The summed E-state index contributed by atoms with van der Waals surface area (Å²) in [5, 5.41) is 25.2. The molecule has 2 atom stereocenters. The normalized spacial score (nSPS) is 15.5. The molecule has 178 valence electrons. The molecule has 1 aliphatic heterocycles. The van der Waals surface area contributed by atoms with Crippen molar-refractivity contribution in [3.8, 4) is 5.75 Å². The van der Waals surface area contributed by atoms with Crippen LogP contribution in [0, 0.1) is 17.6 Å². The molecule has 1 aromatic carbocycles. The lowest BCUT2D eigenvalue weighted by molar-refractivity contribution is -0.133. The standard InChI is InChI=1S/C22H26F2N4O5/c1-13(2)8-18(22(32)25-19-6-7-27(26-19)10-14(30)12-29)28-11-15(9-20(28)31)33-21-16(23)4-3-5-17(21)24/h3-7,9,13-14,18,29-30H,8,10-12H2,1-2H3,(H,25,26,32)/t14-,18+/m1/s1. The number of hydrogen-bond donors (Lipinski definition) is 3. The first-order valence-electron chi connectivity index (χ1n) is 10.4. The SMILES string of the molecule is CC(C)C[C@@H](C(=O)Nc1ccn(C[C@@H](O)CO)n1)N1CC(Oc2c(F)cccc2F)=CC1=O. The molecule has 0 saturated carbocycles. The Bertz CT molecular complexity index is 1020. The molecule has 9 nitrogen and oxygen atoms in total. The number of ether oxygens (including phenoxy) is 1. The zero-order chi connectivity index (χ0) is 24.1. The van der Waals surface area contributed by atoms with Crippen LogP contribution < -0.4 is 10.1 Å². The summed E-state index contributed by atoms with van der Waals surface area (Å²) >= 11 is 0. The summed E-state index contributed by atoms with van der Waals surface area (Å²) in [6.45, 7) is 3.28. The number of anilines is 1. The molecule has 2 heterocycles. The predicted molar refractivity (Wildman–Crippen MR) is 114 cm³/mol. The third-order valence-electron chi connectivity index (χ3n) is 4.92. The first-order valence-corrected chi connectivity index (χ1v) is 10.4. The third-order valence-corrected chi connectivity index (χ3v) is 4.92. The van der Waals surface area contributed by atoms with Gasteiger partial charge in [-0.3, -0.25) is 14.3 Å². The summed E-state index contributed by atoms with van der Waals surface area (Å²) in [7, 11) is 0. The van der Waals surface area contributed by atoms with Crippen molar-refractivity contribution in [2.45, 2.75) is 39.0 Å². The second-order valence-corrected chi connectivity index (χ2v) is 8.12. The van der Waals surface area contributed by atoms with Gasteiger partial charge >= 0.3 is 0 Å². The molecule has 11 heteroatoms. The fraction of sp³-hybridized carbons (Fsp3) is 0.409. The number of carbonyl (C=O) groups is 2. The highest BCUT2D eigenvalue weighted by molar-refractivity contribution is 5.99. The first-order chi connectivity index (χ1) is 15.7. The topological polar surface area (TPSA) is 117 Å². The van der Waals surface area contributed by atoms with E-state index in [-0.39, 0.29) is 30.6 Å². The number of nitrogens with one attached hydrogen (secondary N) is 1. The number of aliphatic hydroxyl groups excluding tert-OH is 2. The molecule has 3 rings (SSSR count). The van der Waals surface area contributed by atoms with Gasteiger partial charge in [0.1, 0.15) is 11.8 Å². The van der Waals surface area contributed by atoms with Gasteiger partial charge in [0.15, 0.2) is 23.2 Å². The summed E-state index contributed by atoms with van der Waals surface area (Å²) in [6, 6.07) is 3.93. The maximum Gasteiger partial charge on any atom is 0.251 e. The maximum absolute atomic E-state index is 13.9. The molecule has 0 radical (unpaired) electrons. The minimum Gasteiger partial charge on any atom is -0.453 e. The smallest absolute Gasteiger partial charge is 0.251 e. The molecule has 0 spiro atoms. The molecule has 1 aromatic heterocycles. The van der Waals surface area contributed by atoms with Crippen LogP contribution in [0.3, 0.4) is 0 Å². The van der Waals surface area contributed by atoms with E-state index in [1.807, 2.05) is 13.8 Å². The minimum absolute atomic E-state index is 0.0211. The molecular weight excluding hydrogens is 438 g/mol. The van der Waals surface area contributed by atoms with E-state index in [1.165, 1.54) is 27.9 Å².